The number of carbonyl (C=O) groups is 1. The smallest absolute Gasteiger partial charge is 0.319 e. The molecule has 2 amide bonds. The van der Waals surface area contributed by atoms with Gasteiger partial charge in [-0.3, -0.25) is 4.90 Å². The Labute approximate surface area is 141 Å². The van der Waals surface area contributed by atoms with E-state index in [9.17, 15) is 4.79 Å². The number of urea groups is 1. The van der Waals surface area contributed by atoms with Crippen LogP contribution >= 0.6 is 0 Å². The number of ether oxygens (including phenoxy) is 1. The molecule has 0 radical (unpaired) electrons. The Kier molecular flexibility index (Phi) is 5.32. The number of aromatic nitrogens is 1. The number of likely N-dealkylation sites (tertiary alicyclic amines) is 1. The SMILES string of the molecule is COc1ccc(NC(=O)NC[C@@H](c2ccco2)N2CCCC2)cn1. The number of anilines is 1. The van der Waals surface area contributed by atoms with Crippen molar-refractivity contribution in [2.45, 2.75) is 18.9 Å². The summed E-state index contributed by atoms with van der Waals surface area (Å²) in [4.78, 5) is 18.5. The summed E-state index contributed by atoms with van der Waals surface area (Å²) in [5.74, 6) is 1.39. The second-order valence-electron chi connectivity index (χ2n) is 5.70. The molecular weight excluding hydrogens is 308 g/mol. The lowest BCUT2D eigenvalue weighted by atomic mass is 10.2. The fourth-order valence-corrected chi connectivity index (χ4v) is 2.88. The van der Waals surface area contributed by atoms with Crippen LogP contribution in [-0.4, -0.2) is 42.7 Å². The second kappa shape index (κ2) is 7.83. The molecule has 7 heteroatoms. The summed E-state index contributed by atoms with van der Waals surface area (Å²) in [6, 6.07) is 7.07. The van der Waals surface area contributed by atoms with Crippen molar-refractivity contribution in [1.82, 2.24) is 15.2 Å². The van der Waals surface area contributed by atoms with Crippen LogP contribution in [0.25, 0.3) is 0 Å². The summed E-state index contributed by atoms with van der Waals surface area (Å²) >= 11 is 0. The highest BCUT2D eigenvalue weighted by atomic mass is 16.5. The van der Waals surface area contributed by atoms with Crippen molar-refractivity contribution in [3.05, 3.63) is 42.5 Å². The van der Waals surface area contributed by atoms with Crippen LogP contribution in [0.2, 0.25) is 0 Å². The number of carbonyl (C=O) groups excluding carboxylic acids is 1. The van der Waals surface area contributed by atoms with E-state index in [0.29, 0.717) is 18.1 Å². The maximum atomic E-state index is 12.1. The molecule has 1 atom stereocenters. The molecule has 0 bridgehead atoms. The van der Waals surface area contributed by atoms with Crippen molar-refractivity contribution in [3.63, 3.8) is 0 Å². The van der Waals surface area contributed by atoms with Gasteiger partial charge < -0.3 is 19.8 Å². The highest BCUT2D eigenvalue weighted by molar-refractivity contribution is 5.89. The van der Waals surface area contributed by atoms with Crippen LogP contribution in [0.15, 0.2) is 41.1 Å². The maximum absolute atomic E-state index is 12.1. The van der Waals surface area contributed by atoms with Crippen LogP contribution in [0, 0.1) is 0 Å². The summed E-state index contributed by atoms with van der Waals surface area (Å²) in [7, 11) is 1.55. The summed E-state index contributed by atoms with van der Waals surface area (Å²) < 4.78 is 10.5. The zero-order valence-electron chi connectivity index (χ0n) is 13.7. The number of methoxy groups -OCH3 is 1. The predicted molar refractivity (Wildman–Crippen MR) is 90.1 cm³/mol. The summed E-state index contributed by atoms with van der Waals surface area (Å²) in [6.07, 6.45) is 5.59. The Hall–Kier alpha value is -2.54. The van der Waals surface area contributed by atoms with Crippen LogP contribution in [0.5, 0.6) is 5.88 Å². The van der Waals surface area contributed by atoms with Crippen molar-refractivity contribution in [2.24, 2.45) is 0 Å². The van der Waals surface area contributed by atoms with Gasteiger partial charge in [-0.2, -0.15) is 0 Å². The van der Waals surface area contributed by atoms with Crippen molar-refractivity contribution < 1.29 is 13.9 Å². The van der Waals surface area contributed by atoms with Gasteiger partial charge in [-0.1, -0.05) is 0 Å². The van der Waals surface area contributed by atoms with E-state index in [0.717, 1.165) is 18.8 Å². The summed E-state index contributed by atoms with van der Waals surface area (Å²) in [5, 5.41) is 5.68. The molecule has 128 valence electrons. The van der Waals surface area contributed by atoms with E-state index in [1.807, 2.05) is 12.1 Å². The van der Waals surface area contributed by atoms with Crippen LogP contribution < -0.4 is 15.4 Å². The molecule has 0 unspecified atom stereocenters. The molecule has 3 rings (SSSR count). The van der Waals surface area contributed by atoms with E-state index in [4.69, 9.17) is 9.15 Å². The lowest BCUT2D eigenvalue weighted by Crippen LogP contribution is -2.38. The Morgan fingerprint density at radius 3 is 2.83 bits per heavy atom. The number of rotatable bonds is 6. The third-order valence-corrected chi connectivity index (χ3v) is 4.11. The second-order valence-corrected chi connectivity index (χ2v) is 5.70. The van der Waals surface area contributed by atoms with E-state index >= 15 is 0 Å². The Morgan fingerprint density at radius 2 is 2.21 bits per heavy atom. The largest absolute Gasteiger partial charge is 0.481 e. The standard InChI is InChI=1S/C17H22N4O3/c1-23-16-7-6-13(11-18-16)20-17(22)19-12-14(15-5-4-10-24-15)21-8-2-3-9-21/h4-7,10-11,14H,2-3,8-9,12H2,1H3,(H2,19,20,22)/t14-/m0/s1. The third-order valence-electron chi connectivity index (χ3n) is 4.11. The quantitative estimate of drug-likeness (QED) is 0.851. The molecule has 24 heavy (non-hydrogen) atoms. The molecule has 0 aromatic carbocycles. The first kappa shape index (κ1) is 16.3. The molecule has 0 spiro atoms. The summed E-state index contributed by atoms with van der Waals surface area (Å²) in [5.41, 5.74) is 0.615. The van der Waals surface area contributed by atoms with Gasteiger partial charge >= 0.3 is 6.03 Å². The first-order valence-electron chi connectivity index (χ1n) is 8.08. The highest BCUT2D eigenvalue weighted by Crippen LogP contribution is 2.24. The minimum Gasteiger partial charge on any atom is -0.481 e. The van der Waals surface area contributed by atoms with E-state index in [1.165, 1.54) is 12.8 Å². The van der Waals surface area contributed by atoms with E-state index < -0.39 is 0 Å². The molecule has 0 aliphatic carbocycles. The van der Waals surface area contributed by atoms with Gasteiger partial charge in [0.1, 0.15) is 5.76 Å². The zero-order chi connectivity index (χ0) is 16.8. The van der Waals surface area contributed by atoms with Crippen molar-refractivity contribution >= 4 is 11.7 Å². The molecule has 1 aliphatic rings. The monoisotopic (exact) mass is 330 g/mol. The topological polar surface area (TPSA) is 79.6 Å². The number of hydrogen-bond donors (Lipinski definition) is 2. The number of nitrogens with one attached hydrogen (secondary N) is 2. The minimum absolute atomic E-state index is 0.0576. The van der Waals surface area contributed by atoms with Gasteiger partial charge in [-0.05, 0) is 44.1 Å². The fourth-order valence-electron chi connectivity index (χ4n) is 2.88. The molecule has 3 heterocycles. The number of pyridine rings is 1. The van der Waals surface area contributed by atoms with Gasteiger partial charge in [0.05, 0.1) is 31.3 Å². The summed E-state index contributed by atoms with van der Waals surface area (Å²) in [6.45, 7) is 2.54. The third kappa shape index (κ3) is 4.05. The van der Waals surface area contributed by atoms with Gasteiger partial charge in [-0.25, -0.2) is 9.78 Å². The molecule has 7 nitrogen and oxygen atoms in total. The molecule has 0 saturated carbocycles. The van der Waals surface area contributed by atoms with E-state index in [2.05, 4.69) is 20.5 Å². The number of nitrogens with zero attached hydrogens (tertiary/aromatic N) is 2. The van der Waals surface area contributed by atoms with Crippen molar-refractivity contribution in [2.75, 3.05) is 32.1 Å². The molecule has 2 aromatic heterocycles. The van der Waals surface area contributed by atoms with Crippen LogP contribution in [0.1, 0.15) is 24.6 Å². The average Bonchev–Trinajstić information content (AvgIpc) is 3.30. The van der Waals surface area contributed by atoms with Crippen molar-refractivity contribution in [3.8, 4) is 5.88 Å². The number of hydrogen-bond acceptors (Lipinski definition) is 5. The van der Waals surface area contributed by atoms with Crippen LogP contribution in [0.4, 0.5) is 10.5 Å². The number of amides is 2. The lowest BCUT2D eigenvalue weighted by molar-refractivity contribution is 0.207. The highest BCUT2D eigenvalue weighted by Gasteiger charge is 2.25. The maximum Gasteiger partial charge on any atom is 0.319 e. The Balaban J connectivity index is 1.56. The first-order valence-corrected chi connectivity index (χ1v) is 8.08. The predicted octanol–water partition coefficient (Wildman–Crippen LogP) is 2.64. The molecule has 1 aliphatic heterocycles. The molecule has 2 N–H and O–H groups in total. The van der Waals surface area contributed by atoms with Crippen LogP contribution in [0.3, 0.4) is 0 Å². The normalized spacial score (nSPS) is 15.9. The van der Waals surface area contributed by atoms with Gasteiger partial charge in [-0.15, -0.1) is 0 Å². The number of furan rings is 1. The van der Waals surface area contributed by atoms with Crippen LogP contribution in [-0.2, 0) is 0 Å². The average molecular weight is 330 g/mol. The first-order chi connectivity index (χ1) is 11.8. The molecular formula is C17H22N4O3. The molecule has 1 fully saturated rings. The van der Waals surface area contributed by atoms with Crippen molar-refractivity contribution in [1.29, 1.82) is 0 Å². The minimum atomic E-state index is -0.266. The lowest BCUT2D eigenvalue weighted by Gasteiger charge is -2.26. The molecule has 2 aromatic rings. The van der Waals surface area contributed by atoms with Gasteiger partial charge in [0, 0.05) is 12.6 Å². The van der Waals surface area contributed by atoms with Gasteiger partial charge in [0.15, 0.2) is 0 Å². The van der Waals surface area contributed by atoms with E-state index in [1.54, 1.807) is 31.7 Å². The molecule has 1 saturated heterocycles. The van der Waals surface area contributed by atoms with E-state index in [-0.39, 0.29) is 12.1 Å². The van der Waals surface area contributed by atoms with Gasteiger partial charge in [0.25, 0.3) is 0 Å². The van der Waals surface area contributed by atoms with Gasteiger partial charge in [0.2, 0.25) is 5.88 Å². The Bertz CT molecular complexity index is 636. The zero-order valence-corrected chi connectivity index (χ0v) is 13.7. The Morgan fingerprint density at radius 1 is 1.38 bits per heavy atom. The fraction of sp³-hybridized carbons (Fsp3) is 0.412.